The van der Waals surface area contributed by atoms with E-state index in [4.69, 9.17) is 14.7 Å². The number of pyridine rings is 2. The molecule has 0 saturated carbocycles. The molecular weight excluding hydrogens is 415 g/mol. The molecule has 166 valence electrons. The fourth-order valence-corrected chi connectivity index (χ4v) is 4.49. The summed E-state index contributed by atoms with van der Waals surface area (Å²) < 4.78 is 17.6. The summed E-state index contributed by atoms with van der Waals surface area (Å²) in [6.07, 6.45) is 4.99. The molecule has 0 amide bonds. The van der Waals surface area contributed by atoms with E-state index < -0.39 is 7.14 Å². The summed E-state index contributed by atoms with van der Waals surface area (Å²) >= 11 is 0. The molecule has 0 aliphatic carbocycles. The summed E-state index contributed by atoms with van der Waals surface area (Å²) in [6.45, 7) is 9.83. The van der Waals surface area contributed by atoms with E-state index >= 15 is 0 Å². The first-order valence-corrected chi connectivity index (χ1v) is 14.0. The molecule has 2 aromatic heterocycles. The molecule has 32 heavy (non-hydrogen) atoms. The quantitative estimate of drug-likeness (QED) is 0.234. The van der Waals surface area contributed by atoms with Crippen molar-refractivity contribution in [3.05, 3.63) is 76.6 Å². The van der Waals surface area contributed by atoms with Gasteiger partial charge in [-0.15, -0.1) is 0 Å². The van der Waals surface area contributed by atoms with Crippen LogP contribution in [-0.2, 0) is 23.8 Å². The van der Waals surface area contributed by atoms with E-state index in [-0.39, 0.29) is 6.35 Å². The number of rotatable bonds is 7. The standard InChI is InChI=1S/C27H31N2O2P/c1-6-25-27-24(23-12-7-18(2)13-26(23)29-25)15-20(16-28-27)8-9-21-10-11-22(14-19(21)3)31-17-32(4,5)30/h7,10-16H,6,8-9,17H2,1-5H3. The van der Waals surface area contributed by atoms with Crippen molar-refractivity contribution in [3.8, 4) is 5.75 Å². The van der Waals surface area contributed by atoms with E-state index in [1.54, 1.807) is 13.3 Å². The highest BCUT2D eigenvalue weighted by molar-refractivity contribution is 7.62. The van der Waals surface area contributed by atoms with Gasteiger partial charge in [-0.05, 0) is 93.0 Å². The van der Waals surface area contributed by atoms with Crippen molar-refractivity contribution in [3.63, 3.8) is 0 Å². The SMILES string of the molecule is CCc1nc2cc(C)ccc2c2cc(CCc3ccc(OCP(C)(C)=O)cc3C)cnc12. The predicted octanol–water partition coefficient (Wildman–Crippen LogP) is 6.71. The predicted molar refractivity (Wildman–Crippen MR) is 135 cm³/mol. The monoisotopic (exact) mass is 446 g/mol. The first-order chi connectivity index (χ1) is 15.2. The molecule has 0 spiro atoms. The van der Waals surface area contributed by atoms with Crippen molar-refractivity contribution in [1.82, 2.24) is 9.97 Å². The van der Waals surface area contributed by atoms with Crippen molar-refractivity contribution in [1.29, 1.82) is 0 Å². The first kappa shape index (κ1) is 22.5. The van der Waals surface area contributed by atoms with Gasteiger partial charge in [0, 0.05) is 17.0 Å². The highest BCUT2D eigenvalue weighted by Crippen LogP contribution is 2.36. The second-order valence-electron chi connectivity index (χ2n) is 9.11. The molecule has 0 saturated heterocycles. The number of ether oxygens (including phenoxy) is 1. The summed E-state index contributed by atoms with van der Waals surface area (Å²) in [7, 11) is -2.19. The largest absolute Gasteiger partial charge is 0.486 e. The fraction of sp³-hybridized carbons (Fsp3) is 0.333. The zero-order valence-electron chi connectivity index (χ0n) is 19.6. The van der Waals surface area contributed by atoms with E-state index in [1.165, 1.54) is 33.0 Å². The molecule has 0 N–H and O–H groups in total. The number of fused-ring (bicyclic) bond motifs is 3. The lowest BCUT2D eigenvalue weighted by molar-refractivity contribution is 0.377. The first-order valence-electron chi connectivity index (χ1n) is 11.2. The normalized spacial score (nSPS) is 11.9. The van der Waals surface area contributed by atoms with Gasteiger partial charge in [0.15, 0.2) is 0 Å². The molecule has 2 aromatic carbocycles. The van der Waals surface area contributed by atoms with Gasteiger partial charge in [-0.2, -0.15) is 0 Å². The lowest BCUT2D eigenvalue weighted by Gasteiger charge is -2.13. The Hall–Kier alpha value is -2.71. The summed E-state index contributed by atoms with van der Waals surface area (Å²) in [5.74, 6) is 0.781. The molecule has 0 atom stereocenters. The number of aryl methyl sites for hydroxylation is 5. The second kappa shape index (κ2) is 9.03. The molecule has 4 rings (SSSR count). The van der Waals surface area contributed by atoms with Crippen LogP contribution in [0.3, 0.4) is 0 Å². The van der Waals surface area contributed by atoms with Crippen LogP contribution in [0.1, 0.15) is 34.9 Å². The zero-order chi connectivity index (χ0) is 22.9. The van der Waals surface area contributed by atoms with E-state index in [0.29, 0.717) is 0 Å². The average molecular weight is 447 g/mol. The minimum atomic E-state index is -2.19. The van der Waals surface area contributed by atoms with Gasteiger partial charge in [0.2, 0.25) is 0 Å². The number of benzene rings is 2. The Labute approximate surface area is 190 Å². The van der Waals surface area contributed by atoms with Gasteiger partial charge >= 0.3 is 0 Å². The highest BCUT2D eigenvalue weighted by atomic mass is 31.2. The van der Waals surface area contributed by atoms with Crippen LogP contribution in [-0.4, -0.2) is 29.6 Å². The van der Waals surface area contributed by atoms with Crippen molar-refractivity contribution in [2.24, 2.45) is 0 Å². The van der Waals surface area contributed by atoms with Gasteiger partial charge in [-0.25, -0.2) is 0 Å². The Bertz CT molecular complexity index is 1340. The Morgan fingerprint density at radius 1 is 0.969 bits per heavy atom. The van der Waals surface area contributed by atoms with Crippen LogP contribution in [0, 0.1) is 13.8 Å². The zero-order valence-corrected chi connectivity index (χ0v) is 20.5. The Kier molecular flexibility index (Phi) is 6.35. The minimum Gasteiger partial charge on any atom is -0.486 e. The van der Waals surface area contributed by atoms with Gasteiger partial charge in [0.25, 0.3) is 0 Å². The lowest BCUT2D eigenvalue weighted by Crippen LogP contribution is -2.00. The molecule has 5 heteroatoms. The van der Waals surface area contributed by atoms with Crippen molar-refractivity contribution < 1.29 is 9.30 Å². The number of hydrogen-bond acceptors (Lipinski definition) is 4. The van der Waals surface area contributed by atoms with Gasteiger partial charge in [0.1, 0.15) is 19.2 Å². The molecule has 0 aliphatic heterocycles. The third kappa shape index (κ3) is 5.02. The highest BCUT2D eigenvalue weighted by Gasteiger charge is 2.11. The maximum atomic E-state index is 11.9. The lowest BCUT2D eigenvalue weighted by atomic mass is 9.99. The summed E-state index contributed by atoms with van der Waals surface area (Å²) in [4.78, 5) is 9.68. The third-order valence-corrected chi connectivity index (χ3v) is 6.54. The smallest absolute Gasteiger partial charge is 0.140 e. The molecule has 0 unspecified atom stereocenters. The van der Waals surface area contributed by atoms with Crippen LogP contribution in [0.15, 0.2) is 48.7 Å². The molecule has 0 radical (unpaired) electrons. The van der Waals surface area contributed by atoms with Gasteiger partial charge in [-0.3, -0.25) is 9.97 Å². The number of aromatic nitrogens is 2. The van der Waals surface area contributed by atoms with Crippen LogP contribution in [0.25, 0.3) is 21.8 Å². The summed E-state index contributed by atoms with van der Waals surface area (Å²) in [5, 5.41) is 2.35. The molecular formula is C27H31N2O2P. The maximum absolute atomic E-state index is 11.9. The van der Waals surface area contributed by atoms with Crippen LogP contribution in [0.5, 0.6) is 5.75 Å². The Balaban J connectivity index is 1.58. The van der Waals surface area contributed by atoms with Crippen LogP contribution in [0.4, 0.5) is 0 Å². The van der Waals surface area contributed by atoms with Crippen LogP contribution >= 0.6 is 7.14 Å². The average Bonchev–Trinajstić information content (AvgIpc) is 2.75. The van der Waals surface area contributed by atoms with Crippen molar-refractivity contribution in [2.75, 3.05) is 19.7 Å². The summed E-state index contributed by atoms with van der Waals surface area (Å²) in [5.41, 5.74) is 8.04. The van der Waals surface area contributed by atoms with E-state index in [0.717, 1.165) is 41.7 Å². The van der Waals surface area contributed by atoms with Gasteiger partial charge < -0.3 is 9.30 Å². The number of hydrogen-bond donors (Lipinski definition) is 0. The summed E-state index contributed by atoms with van der Waals surface area (Å²) in [6, 6.07) is 14.9. The Morgan fingerprint density at radius 2 is 1.78 bits per heavy atom. The Morgan fingerprint density at radius 3 is 2.50 bits per heavy atom. The fourth-order valence-electron chi connectivity index (χ4n) is 4.03. The third-order valence-electron chi connectivity index (χ3n) is 5.79. The molecule has 2 heterocycles. The molecule has 0 aliphatic rings. The van der Waals surface area contributed by atoms with E-state index in [9.17, 15) is 4.57 Å². The van der Waals surface area contributed by atoms with Crippen molar-refractivity contribution in [2.45, 2.75) is 40.0 Å². The minimum absolute atomic E-state index is 0.274. The second-order valence-corrected chi connectivity index (χ2v) is 12.5. The molecule has 0 fully saturated rings. The molecule has 4 aromatic rings. The van der Waals surface area contributed by atoms with E-state index in [1.807, 2.05) is 18.3 Å². The van der Waals surface area contributed by atoms with Gasteiger partial charge in [0.05, 0.1) is 16.7 Å². The molecule has 0 bridgehead atoms. The van der Waals surface area contributed by atoms with Crippen molar-refractivity contribution >= 4 is 28.9 Å². The number of nitrogens with zero attached hydrogens (tertiary/aromatic N) is 2. The van der Waals surface area contributed by atoms with Gasteiger partial charge in [-0.1, -0.05) is 25.1 Å². The van der Waals surface area contributed by atoms with Crippen LogP contribution < -0.4 is 4.74 Å². The van der Waals surface area contributed by atoms with Crippen LogP contribution in [0.2, 0.25) is 0 Å². The topological polar surface area (TPSA) is 52.1 Å². The van der Waals surface area contributed by atoms with E-state index in [2.05, 4.69) is 51.1 Å². The molecule has 4 nitrogen and oxygen atoms in total. The maximum Gasteiger partial charge on any atom is 0.140 e.